The summed E-state index contributed by atoms with van der Waals surface area (Å²) in [5.41, 5.74) is 3.53. The third-order valence-corrected chi connectivity index (χ3v) is 6.21. The number of aryl methyl sites for hydroxylation is 1. The van der Waals surface area contributed by atoms with Crippen LogP contribution >= 0.6 is 0 Å². The van der Waals surface area contributed by atoms with Gasteiger partial charge in [-0.2, -0.15) is 0 Å². The lowest BCUT2D eigenvalue weighted by Gasteiger charge is -2.38. The maximum absolute atomic E-state index is 4.83. The van der Waals surface area contributed by atoms with Crippen molar-refractivity contribution in [3.63, 3.8) is 0 Å². The second kappa shape index (κ2) is 11.1. The second-order valence-electron chi connectivity index (χ2n) is 8.74. The Morgan fingerprint density at radius 1 is 1.16 bits per heavy atom. The molecule has 6 nitrogen and oxygen atoms in total. The largest absolute Gasteiger partial charge is 0.357 e. The molecule has 2 unspecified atom stereocenters. The van der Waals surface area contributed by atoms with Gasteiger partial charge in [0.1, 0.15) is 5.82 Å². The number of H-pyrrole nitrogens is 1. The van der Waals surface area contributed by atoms with Crippen molar-refractivity contribution in [1.82, 2.24) is 25.5 Å². The highest BCUT2D eigenvalue weighted by Gasteiger charge is 2.25. The van der Waals surface area contributed by atoms with Gasteiger partial charge < -0.3 is 15.6 Å². The molecule has 2 aromatic carbocycles. The molecule has 1 saturated heterocycles. The molecule has 0 saturated carbocycles. The fourth-order valence-electron chi connectivity index (χ4n) is 4.48. The number of guanidine groups is 1. The van der Waals surface area contributed by atoms with Gasteiger partial charge >= 0.3 is 0 Å². The summed E-state index contributed by atoms with van der Waals surface area (Å²) in [6.07, 6.45) is 4.16. The van der Waals surface area contributed by atoms with Crippen LogP contribution in [0.1, 0.15) is 44.5 Å². The molecular weight excluding hydrogens is 396 g/mol. The van der Waals surface area contributed by atoms with E-state index in [2.05, 4.69) is 75.7 Å². The lowest BCUT2D eigenvalue weighted by Crippen LogP contribution is -2.51. The van der Waals surface area contributed by atoms with Crippen LogP contribution in [0.25, 0.3) is 11.0 Å². The molecule has 1 aliphatic heterocycles. The number of aromatic nitrogens is 2. The molecule has 4 rings (SSSR count). The number of nitrogens with zero attached hydrogens (tertiary/aromatic N) is 3. The number of piperidine rings is 1. The first-order chi connectivity index (χ1) is 15.7. The first-order valence-corrected chi connectivity index (χ1v) is 12.0. The van der Waals surface area contributed by atoms with Crippen LogP contribution in [0.15, 0.2) is 59.6 Å². The van der Waals surface area contributed by atoms with Crippen LogP contribution in [0.4, 0.5) is 0 Å². The number of likely N-dealkylation sites (tertiary alicyclic amines) is 1. The van der Waals surface area contributed by atoms with E-state index in [-0.39, 0.29) is 0 Å². The highest BCUT2D eigenvalue weighted by Crippen LogP contribution is 2.20. The number of aromatic amines is 1. The highest BCUT2D eigenvalue weighted by atomic mass is 15.2. The van der Waals surface area contributed by atoms with Gasteiger partial charge in [0.05, 0.1) is 11.0 Å². The first-order valence-electron chi connectivity index (χ1n) is 12.0. The maximum atomic E-state index is 4.83. The molecule has 0 aliphatic carbocycles. The van der Waals surface area contributed by atoms with Crippen molar-refractivity contribution >= 4 is 17.0 Å². The summed E-state index contributed by atoms with van der Waals surface area (Å²) in [4.78, 5) is 15.5. The van der Waals surface area contributed by atoms with E-state index in [0.29, 0.717) is 12.1 Å². The Balaban J connectivity index is 1.25. The fraction of sp³-hybridized carbons (Fsp3) is 0.462. The molecule has 2 atom stereocenters. The van der Waals surface area contributed by atoms with Crippen molar-refractivity contribution in [2.45, 2.75) is 58.2 Å². The van der Waals surface area contributed by atoms with Gasteiger partial charge in [-0.15, -0.1) is 0 Å². The van der Waals surface area contributed by atoms with Crippen LogP contribution in [0.2, 0.25) is 0 Å². The van der Waals surface area contributed by atoms with E-state index < -0.39 is 0 Å². The lowest BCUT2D eigenvalue weighted by atomic mass is 9.97. The molecule has 0 amide bonds. The second-order valence-corrected chi connectivity index (χ2v) is 8.74. The quantitative estimate of drug-likeness (QED) is 0.285. The Hall–Kier alpha value is -2.86. The lowest BCUT2D eigenvalue weighted by molar-refractivity contribution is 0.134. The standard InChI is InChI=1S/C26H36N6/c1-3-27-26(28-16-9-14-25-30-23-12-7-8-13-24(23)31-25)29-22-15-17-32(20(2)18-22)19-21-10-5-4-6-11-21/h4-8,10-13,20,22H,3,9,14-19H2,1-2H3,(H,30,31)(H2,27,28,29). The van der Waals surface area contributed by atoms with E-state index >= 15 is 0 Å². The first kappa shape index (κ1) is 22.3. The van der Waals surface area contributed by atoms with Crippen LogP contribution in [0, 0.1) is 0 Å². The summed E-state index contributed by atoms with van der Waals surface area (Å²) in [6.45, 7) is 8.27. The summed E-state index contributed by atoms with van der Waals surface area (Å²) in [6, 6.07) is 20.0. The zero-order chi connectivity index (χ0) is 22.2. The minimum absolute atomic E-state index is 0.463. The minimum Gasteiger partial charge on any atom is -0.357 e. The zero-order valence-electron chi connectivity index (χ0n) is 19.3. The normalized spacial score (nSPS) is 19.9. The number of hydrogen-bond donors (Lipinski definition) is 3. The van der Waals surface area contributed by atoms with E-state index in [0.717, 1.165) is 74.7 Å². The molecule has 3 aromatic rings. The maximum Gasteiger partial charge on any atom is 0.191 e. The van der Waals surface area contributed by atoms with Gasteiger partial charge in [0.25, 0.3) is 0 Å². The number of fused-ring (bicyclic) bond motifs is 1. The number of hydrogen-bond acceptors (Lipinski definition) is 3. The van der Waals surface area contributed by atoms with Crippen LogP contribution in [0.3, 0.4) is 0 Å². The van der Waals surface area contributed by atoms with E-state index in [9.17, 15) is 0 Å². The number of imidazole rings is 1. The number of nitrogens with one attached hydrogen (secondary N) is 3. The smallest absolute Gasteiger partial charge is 0.191 e. The molecule has 1 aliphatic rings. The predicted molar refractivity (Wildman–Crippen MR) is 133 cm³/mol. The van der Waals surface area contributed by atoms with Crippen molar-refractivity contribution in [2.75, 3.05) is 19.6 Å². The molecule has 0 spiro atoms. The van der Waals surface area contributed by atoms with Crippen molar-refractivity contribution < 1.29 is 0 Å². The van der Waals surface area contributed by atoms with Crippen LogP contribution in [-0.2, 0) is 13.0 Å². The Morgan fingerprint density at radius 2 is 1.97 bits per heavy atom. The van der Waals surface area contributed by atoms with Gasteiger partial charge in [0, 0.05) is 44.7 Å². The average Bonchev–Trinajstić information content (AvgIpc) is 3.22. The van der Waals surface area contributed by atoms with Crippen molar-refractivity contribution in [1.29, 1.82) is 0 Å². The van der Waals surface area contributed by atoms with Crippen molar-refractivity contribution in [2.24, 2.45) is 4.99 Å². The van der Waals surface area contributed by atoms with Gasteiger partial charge in [-0.05, 0) is 50.8 Å². The van der Waals surface area contributed by atoms with Crippen LogP contribution in [-0.4, -0.2) is 52.5 Å². The minimum atomic E-state index is 0.463. The highest BCUT2D eigenvalue weighted by molar-refractivity contribution is 5.80. The third kappa shape index (κ3) is 6.10. The molecule has 6 heteroatoms. The third-order valence-electron chi connectivity index (χ3n) is 6.21. The summed E-state index contributed by atoms with van der Waals surface area (Å²) >= 11 is 0. The van der Waals surface area contributed by atoms with Gasteiger partial charge in [0.15, 0.2) is 5.96 Å². The van der Waals surface area contributed by atoms with Gasteiger partial charge in [-0.1, -0.05) is 42.5 Å². The summed E-state index contributed by atoms with van der Waals surface area (Å²) in [5, 5.41) is 7.10. The number of rotatable bonds is 8. The van der Waals surface area contributed by atoms with Crippen LogP contribution < -0.4 is 10.6 Å². The fourth-order valence-corrected chi connectivity index (χ4v) is 4.48. The Labute approximate surface area is 191 Å². The number of para-hydroxylation sites is 2. The molecule has 32 heavy (non-hydrogen) atoms. The van der Waals surface area contributed by atoms with Crippen molar-refractivity contribution in [3.05, 3.63) is 66.0 Å². The number of benzene rings is 2. The van der Waals surface area contributed by atoms with Gasteiger partial charge in [0.2, 0.25) is 0 Å². The molecule has 170 valence electrons. The number of aliphatic imine (C=N–C) groups is 1. The molecular formula is C26H36N6. The predicted octanol–water partition coefficient (Wildman–Crippen LogP) is 4.10. The van der Waals surface area contributed by atoms with E-state index in [4.69, 9.17) is 4.99 Å². The van der Waals surface area contributed by atoms with Gasteiger partial charge in [-0.3, -0.25) is 9.89 Å². The van der Waals surface area contributed by atoms with E-state index in [1.54, 1.807) is 0 Å². The molecule has 0 bridgehead atoms. The van der Waals surface area contributed by atoms with E-state index in [1.807, 2.05) is 18.2 Å². The Bertz CT molecular complexity index is 963. The average molecular weight is 433 g/mol. The molecule has 2 heterocycles. The van der Waals surface area contributed by atoms with Gasteiger partial charge in [-0.25, -0.2) is 4.98 Å². The van der Waals surface area contributed by atoms with Crippen molar-refractivity contribution in [3.8, 4) is 0 Å². The molecule has 0 radical (unpaired) electrons. The molecule has 1 aromatic heterocycles. The SMILES string of the molecule is CCNC(=NCCCc1nc2ccccc2[nH]1)NC1CCN(Cc2ccccc2)C(C)C1. The molecule has 3 N–H and O–H groups in total. The molecule has 1 fully saturated rings. The zero-order valence-corrected chi connectivity index (χ0v) is 19.3. The summed E-state index contributed by atoms with van der Waals surface area (Å²) in [5.74, 6) is 1.98. The van der Waals surface area contributed by atoms with E-state index in [1.165, 1.54) is 5.56 Å². The summed E-state index contributed by atoms with van der Waals surface area (Å²) in [7, 11) is 0. The monoisotopic (exact) mass is 432 g/mol. The van der Waals surface area contributed by atoms with Crippen LogP contribution in [0.5, 0.6) is 0 Å². The Kier molecular flexibility index (Phi) is 7.77. The topological polar surface area (TPSA) is 68.3 Å². The Morgan fingerprint density at radius 3 is 2.75 bits per heavy atom. The summed E-state index contributed by atoms with van der Waals surface area (Å²) < 4.78 is 0.